The van der Waals surface area contributed by atoms with Crippen LogP contribution in [0.15, 0.2) is 84.9 Å². The molecule has 0 saturated heterocycles. The maximum atomic E-state index is 13.9. The Kier molecular flexibility index (Phi) is 8.58. The molecule has 1 atom stereocenters. The number of hydrogen-bond donors (Lipinski definition) is 3. The second kappa shape index (κ2) is 12.9. The maximum absolute atomic E-state index is 13.9. The average molecular weight is 591 g/mol. The summed E-state index contributed by atoms with van der Waals surface area (Å²) in [5, 5.41) is 8.19. The second-order valence-corrected chi connectivity index (χ2v) is 12.2. The van der Waals surface area contributed by atoms with Crippen LogP contribution in [0, 0.1) is 5.92 Å². The van der Waals surface area contributed by atoms with Gasteiger partial charge in [0.05, 0.1) is 10.2 Å². The molecule has 43 heavy (non-hydrogen) atoms. The number of Topliss-reactive ketones (excluding diaryl/α,β-unsaturated/α-hetero) is 1. The standard InChI is InChI=1S/C35H34N4O3S/c36-21-23-13-15-25(16-14-23)32(39-31(40)19-22-7-2-1-3-8-22)33(41)35-38-29-18-17-26(20-30(29)43-35)37-34(42)28-12-6-10-24-9-4-5-11-27(24)28/h4-6,9-18,20,22,32H,1-3,7-8,19,21,36H2,(H,37,42)(H,39,40). The zero-order valence-corrected chi connectivity index (χ0v) is 24.7. The van der Waals surface area contributed by atoms with Crippen LogP contribution in [0.5, 0.6) is 0 Å². The molecule has 1 heterocycles. The predicted molar refractivity (Wildman–Crippen MR) is 172 cm³/mol. The quantitative estimate of drug-likeness (QED) is 0.158. The third kappa shape index (κ3) is 6.50. The monoisotopic (exact) mass is 590 g/mol. The van der Waals surface area contributed by atoms with Gasteiger partial charge in [-0.1, -0.05) is 79.9 Å². The molecule has 6 rings (SSSR count). The zero-order valence-electron chi connectivity index (χ0n) is 23.8. The number of carbonyl (C=O) groups excluding carboxylic acids is 3. The number of anilines is 1. The third-order valence-corrected chi connectivity index (χ3v) is 9.24. The number of fused-ring (bicyclic) bond motifs is 2. The molecule has 4 N–H and O–H groups in total. The zero-order chi connectivity index (χ0) is 29.8. The number of aromatic nitrogens is 1. The van der Waals surface area contributed by atoms with Gasteiger partial charge in [0.15, 0.2) is 5.01 Å². The van der Waals surface area contributed by atoms with Crippen LogP contribution in [-0.2, 0) is 11.3 Å². The highest BCUT2D eigenvalue weighted by Gasteiger charge is 2.28. The molecule has 0 aliphatic heterocycles. The van der Waals surface area contributed by atoms with Gasteiger partial charge in [0, 0.05) is 24.2 Å². The van der Waals surface area contributed by atoms with Crippen LogP contribution >= 0.6 is 11.3 Å². The van der Waals surface area contributed by atoms with Gasteiger partial charge < -0.3 is 16.4 Å². The van der Waals surface area contributed by atoms with Gasteiger partial charge in [-0.05, 0) is 64.9 Å². The van der Waals surface area contributed by atoms with Crippen LogP contribution in [0.25, 0.3) is 21.0 Å². The lowest BCUT2D eigenvalue weighted by Gasteiger charge is -2.23. The Morgan fingerprint density at radius 1 is 0.907 bits per heavy atom. The molecule has 0 bridgehead atoms. The molecule has 218 valence electrons. The molecule has 1 saturated carbocycles. The van der Waals surface area contributed by atoms with Crippen molar-refractivity contribution in [2.24, 2.45) is 11.7 Å². The van der Waals surface area contributed by atoms with E-state index in [0.717, 1.165) is 46.7 Å². The van der Waals surface area contributed by atoms with Gasteiger partial charge in [-0.2, -0.15) is 0 Å². The van der Waals surface area contributed by atoms with E-state index < -0.39 is 6.04 Å². The van der Waals surface area contributed by atoms with E-state index in [0.29, 0.717) is 46.2 Å². The van der Waals surface area contributed by atoms with Gasteiger partial charge in [-0.3, -0.25) is 14.4 Å². The number of nitrogens with two attached hydrogens (primary N) is 1. The second-order valence-electron chi connectivity index (χ2n) is 11.2. The van der Waals surface area contributed by atoms with E-state index in [1.807, 2.05) is 72.8 Å². The van der Waals surface area contributed by atoms with Crippen molar-refractivity contribution >= 4 is 55.6 Å². The molecule has 0 spiro atoms. The van der Waals surface area contributed by atoms with E-state index in [9.17, 15) is 14.4 Å². The fourth-order valence-corrected chi connectivity index (χ4v) is 6.85. The summed E-state index contributed by atoms with van der Waals surface area (Å²) in [5.74, 6) is -0.236. The number of rotatable bonds is 9. The number of hydrogen-bond acceptors (Lipinski definition) is 6. The van der Waals surface area contributed by atoms with Gasteiger partial charge in [-0.15, -0.1) is 11.3 Å². The number of benzene rings is 4. The van der Waals surface area contributed by atoms with Crippen LogP contribution in [0.1, 0.15) is 75.9 Å². The topological polar surface area (TPSA) is 114 Å². The van der Waals surface area contributed by atoms with Crippen molar-refractivity contribution in [2.75, 3.05) is 5.32 Å². The first-order valence-electron chi connectivity index (χ1n) is 14.8. The van der Waals surface area contributed by atoms with Gasteiger partial charge in [0.1, 0.15) is 6.04 Å². The van der Waals surface area contributed by atoms with Crippen LogP contribution < -0.4 is 16.4 Å². The molecule has 1 aliphatic carbocycles. The summed E-state index contributed by atoms with van der Waals surface area (Å²) in [6, 6.07) is 25.5. The highest BCUT2D eigenvalue weighted by Crippen LogP contribution is 2.31. The van der Waals surface area contributed by atoms with Crippen molar-refractivity contribution in [2.45, 2.75) is 51.1 Å². The third-order valence-electron chi connectivity index (χ3n) is 8.21. The molecule has 7 nitrogen and oxygen atoms in total. The Balaban J connectivity index is 1.24. The van der Waals surface area contributed by atoms with Crippen molar-refractivity contribution in [1.29, 1.82) is 0 Å². The van der Waals surface area contributed by atoms with Gasteiger partial charge in [-0.25, -0.2) is 4.98 Å². The summed E-state index contributed by atoms with van der Waals surface area (Å²) < 4.78 is 0.768. The van der Waals surface area contributed by atoms with Crippen LogP contribution in [-0.4, -0.2) is 22.6 Å². The summed E-state index contributed by atoms with van der Waals surface area (Å²) in [7, 11) is 0. The minimum absolute atomic E-state index is 0.118. The van der Waals surface area contributed by atoms with E-state index in [1.165, 1.54) is 17.8 Å². The van der Waals surface area contributed by atoms with Gasteiger partial charge >= 0.3 is 0 Å². The Morgan fingerprint density at radius 3 is 2.47 bits per heavy atom. The minimum atomic E-state index is -0.853. The van der Waals surface area contributed by atoms with Crippen molar-refractivity contribution in [1.82, 2.24) is 10.3 Å². The lowest BCUT2D eigenvalue weighted by atomic mass is 9.86. The molecule has 8 heteroatoms. The molecule has 1 unspecified atom stereocenters. The number of nitrogens with zero attached hydrogens (tertiary/aromatic N) is 1. The first-order chi connectivity index (χ1) is 21.0. The first kappa shape index (κ1) is 28.7. The highest BCUT2D eigenvalue weighted by atomic mass is 32.1. The van der Waals surface area contributed by atoms with Gasteiger partial charge in [0.25, 0.3) is 5.91 Å². The number of thiazole rings is 1. The molecule has 0 radical (unpaired) electrons. The molecule has 1 aromatic heterocycles. The van der Waals surface area contributed by atoms with E-state index >= 15 is 0 Å². The minimum Gasteiger partial charge on any atom is -0.342 e. The van der Waals surface area contributed by atoms with Crippen molar-refractivity contribution in [3.05, 3.63) is 107 Å². The fraction of sp³-hybridized carbons (Fsp3) is 0.257. The number of nitrogens with one attached hydrogen (secondary N) is 2. The molecule has 1 aliphatic rings. The lowest BCUT2D eigenvalue weighted by molar-refractivity contribution is -0.122. The van der Waals surface area contributed by atoms with Crippen LogP contribution in [0.2, 0.25) is 0 Å². The van der Waals surface area contributed by atoms with Gasteiger partial charge in [0.2, 0.25) is 11.7 Å². The van der Waals surface area contributed by atoms with Crippen molar-refractivity contribution in [3.63, 3.8) is 0 Å². The Bertz CT molecular complexity index is 1790. The Hall–Kier alpha value is -4.40. The predicted octanol–water partition coefficient (Wildman–Crippen LogP) is 7.17. The van der Waals surface area contributed by atoms with E-state index in [-0.39, 0.29) is 17.6 Å². The lowest BCUT2D eigenvalue weighted by Crippen LogP contribution is -2.35. The number of amides is 2. The number of carbonyl (C=O) groups is 3. The molecule has 1 fully saturated rings. The fourth-order valence-electron chi connectivity index (χ4n) is 5.87. The van der Waals surface area contributed by atoms with E-state index in [1.54, 1.807) is 12.1 Å². The van der Waals surface area contributed by atoms with E-state index in [2.05, 4.69) is 15.6 Å². The van der Waals surface area contributed by atoms with E-state index in [4.69, 9.17) is 5.73 Å². The molecule has 2 amide bonds. The average Bonchev–Trinajstić information content (AvgIpc) is 3.47. The number of ketones is 1. The molecule has 4 aromatic carbocycles. The summed E-state index contributed by atoms with van der Waals surface area (Å²) in [5.41, 5.74) is 9.28. The molecular formula is C35H34N4O3S. The molecule has 5 aromatic rings. The SMILES string of the molecule is NCc1ccc(C(NC(=O)CC2CCCCC2)C(=O)c2nc3ccc(NC(=O)c4cccc5ccccc45)cc3s2)cc1. The maximum Gasteiger partial charge on any atom is 0.256 e. The van der Waals surface area contributed by atoms with Crippen molar-refractivity contribution < 1.29 is 14.4 Å². The Morgan fingerprint density at radius 2 is 1.67 bits per heavy atom. The highest BCUT2D eigenvalue weighted by molar-refractivity contribution is 7.20. The Labute approximate surface area is 254 Å². The van der Waals surface area contributed by atoms with Crippen LogP contribution in [0.4, 0.5) is 5.69 Å². The smallest absolute Gasteiger partial charge is 0.256 e. The van der Waals surface area contributed by atoms with Crippen molar-refractivity contribution in [3.8, 4) is 0 Å². The summed E-state index contributed by atoms with van der Waals surface area (Å²) in [4.78, 5) is 44.8. The largest absolute Gasteiger partial charge is 0.342 e. The first-order valence-corrected chi connectivity index (χ1v) is 15.6. The van der Waals surface area contributed by atoms with Crippen LogP contribution in [0.3, 0.4) is 0 Å². The summed E-state index contributed by atoms with van der Waals surface area (Å²) in [6.45, 7) is 0.393. The molecular weight excluding hydrogens is 556 g/mol. The summed E-state index contributed by atoms with van der Waals surface area (Å²) in [6.07, 6.45) is 6.04. The normalized spacial score (nSPS) is 14.4. The summed E-state index contributed by atoms with van der Waals surface area (Å²) >= 11 is 1.26.